The Morgan fingerprint density at radius 2 is 2.25 bits per heavy atom. The number of carbonyl (C=O) groups is 1. The van der Waals surface area contributed by atoms with Crippen LogP contribution in [0.25, 0.3) is 0 Å². The number of amides is 1. The second kappa shape index (κ2) is 8.09. The minimum Gasteiger partial charge on any atom is -0.397 e. The molecule has 0 bridgehead atoms. The third kappa shape index (κ3) is 5.00. The van der Waals surface area contributed by atoms with E-state index in [9.17, 15) is 4.79 Å². The van der Waals surface area contributed by atoms with E-state index in [1.54, 1.807) is 25.3 Å². The smallest absolute Gasteiger partial charge is 0.238 e. The highest BCUT2D eigenvalue weighted by atomic mass is 35.5. The van der Waals surface area contributed by atoms with Crippen LogP contribution in [0.5, 0.6) is 0 Å². The summed E-state index contributed by atoms with van der Waals surface area (Å²) < 4.78 is 5.11. The molecule has 0 fully saturated rings. The fourth-order valence-electron chi connectivity index (χ4n) is 1.95. The van der Waals surface area contributed by atoms with Gasteiger partial charge in [0.2, 0.25) is 5.91 Å². The minimum atomic E-state index is -0.108. The topological polar surface area (TPSA) is 67.6 Å². The number of benzene rings is 1. The fraction of sp³-hybridized carbons (Fsp3) is 0.500. The molecule has 1 unspecified atom stereocenters. The summed E-state index contributed by atoms with van der Waals surface area (Å²) in [5.41, 5.74) is 6.84. The van der Waals surface area contributed by atoms with Gasteiger partial charge in [-0.2, -0.15) is 0 Å². The van der Waals surface area contributed by atoms with E-state index in [0.717, 1.165) is 6.54 Å². The molecule has 0 heterocycles. The third-order valence-corrected chi connectivity index (χ3v) is 3.31. The van der Waals surface area contributed by atoms with Crippen LogP contribution < -0.4 is 11.1 Å². The van der Waals surface area contributed by atoms with Crippen molar-refractivity contribution < 1.29 is 9.53 Å². The van der Waals surface area contributed by atoms with Gasteiger partial charge < -0.3 is 15.8 Å². The van der Waals surface area contributed by atoms with E-state index in [2.05, 4.69) is 5.32 Å². The summed E-state index contributed by atoms with van der Waals surface area (Å²) in [4.78, 5) is 14.1. The lowest BCUT2D eigenvalue weighted by atomic mass is 10.2. The van der Waals surface area contributed by atoms with Crippen LogP contribution in [0.3, 0.4) is 0 Å². The van der Waals surface area contributed by atoms with Crippen LogP contribution >= 0.6 is 11.6 Å². The molecule has 20 heavy (non-hydrogen) atoms. The molecule has 5 nitrogen and oxygen atoms in total. The van der Waals surface area contributed by atoms with Crippen LogP contribution in [0.1, 0.15) is 13.8 Å². The predicted molar refractivity (Wildman–Crippen MR) is 83.1 cm³/mol. The van der Waals surface area contributed by atoms with Crippen LogP contribution in [0.15, 0.2) is 18.2 Å². The first-order valence-corrected chi connectivity index (χ1v) is 6.93. The van der Waals surface area contributed by atoms with Crippen LogP contribution in [0.4, 0.5) is 11.4 Å². The van der Waals surface area contributed by atoms with Gasteiger partial charge in [0.25, 0.3) is 0 Å². The Kier molecular flexibility index (Phi) is 6.78. The Bertz CT molecular complexity index is 454. The van der Waals surface area contributed by atoms with Crippen molar-refractivity contribution in [2.75, 3.05) is 37.9 Å². The number of nitrogens with one attached hydrogen (secondary N) is 1. The first-order valence-electron chi connectivity index (χ1n) is 6.55. The molecule has 1 aromatic rings. The molecular formula is C14H22ClN3O2. The van der Waals surface area contributed by atoms with Gasteiger partial charge in [-0.3, -0.25) is 9.69 Å². The lowest BCUT2D eigenvalue weighted by Gasteiger charge is -2.26. The molecule has 0 saturated heterocycles. The maximum atomic E-state index is 12.0. The van der Waals surface area contributed by atoms with E-state index in [-0.39, 0.29) is 11.9 Å². The molecule has 1 aromatic carbocycles. The standard InChI is InChI=1S/C14H22ClN3O2/c1-4-18(10(2)9-20-3)8-14(19)17-13-6-5-11(15)7-12(13)16/h5-7,10H,4,8-9,16H2,1-3H3,(H,17,19). The Balaban J connectivity index is 2.61. The van der Waals surface area contributed by atoms with E-state index in [0.29, 0.717) is 29.5 Å². The molecule has 0 aliphatic carbocycles. The van der Waals surface area contributed by atoms with Gasteiger partial charge in [-0.15, -0.1) is 0 Å². The largest absolute Gasteiger partial charge is 0.397 e. The lowest BCUT2D eigenvalue weighted by Crippen LogP contribution is -2.41. The summed E-state index contributed by atoms with van der Waals surface area (Å²) in [6.45, 7) is 5.69. The molecular weight excluding hydrogens is 278 g/mol. The average Bonchev–Trinajstić information content (AvgIpc) is 2.39. The summed E-state index contributed by atoms with van der Waals surface area (Å²) in [6.07, 6.45) is 0. The molecule has 0 saturated carbocycles. The monoisotopic (exact) mass is 299 g/mol. The van der Waals surface area contributed by atoms with Gasteiger partial charge in [-0.25, -0.2) is 0 Å². The molecule has 0 aliphatic rings. The highest BCUT2D eigenvalue weighted by molar-refractivity contribution is 6.31. The van der Waals surface area contributed by atoms with Crippen molar-refractivity contribution in [1.82, 2.24) is 4.90 Å². The summed E-state index contributed by atoms with van der Waals surface area (Å²) in [6, 6.07) is 5.18. The number of likely N-dealkylation sites (N-methyl/N-ethyl adjacent to an activating group) is 1. The number of ether oxygens (including phenoxy) is 1. The number of nitrogens with two attached hydrogens (primary N) is 1. The molecule has 0 spiro atoms. The second-order valence-corrected chi connectivity index (χ2v) is 5.08. The van der Waals surface area contributed by atoms with E-state index in [1.807, 2.05) is 18.7 Å². The molecule has 1 atom stereocenters. The number of halogens is 1. The number of nitrogen functional groups attached to an aromatic ring is 1. The molecule has 0 aliphatic heterocycles. The summed E-state index contributed by atoms with van der Waals surface area (Å²) in [5, 5.41) is 3.34. The van der Waals surface area contributed by atoms with Gasteiger partial charge in [0.15, 0.2) is 0 Å². The normalized spacial score (nSPS) is 12.4. The zero-order valence-corrected chi connectivity index (χ0v) is 12.9. The van der Waals surface area contributed by atoms with Crippen molar-refractivity contribution in [3.05, 3.63) is 23.2 Å². The lowest BCUT2D eigenvalue weighted by molar-refractivity contribution is -0.118. The quantitative estimate of drug-likeness (QED) is 0.758. The van der Waals surface area contributed by atoms with Crippen LogP contribution in [-0.4, -0.2) is 43.7 Å². The molecule has 0 radical (unpaired) electrons. The molecule has 1 amide bonds. The zero-order chi connectivity index (χ0) is 15.1. The van der Waals surface area contributed by atoms with E-state index in [4.69, 9.17) is 22.1 Å². The Labute approximate surface area is 125 Å². The van der Waals surface area contributed by atoms with Crippen molar-refractivity contribution in [3.63, 3.8) is 0 Å². The summed E-state index contributed by atoms with van der Waals surface area (Å²) in [7, 11) is 1.65. The average molecular weight is 300 g/mol. The number of hydrogen-bond donors (Lipinski definition) is 2. The van der Waals surface area contributed by atoms with Crippen LogP contribution in [-0.2, 0) is 9.53 Å². The molecule has 1 rings (SSSR count). The van der Waals surface area contributed by atoms with E-state index < -0.39 is 0 Å². The van der Waals surface area contributed by atoms with Crippen molar-refractivity contribution in [2.24, 2.45) is 0 Å². The van der Waals surface area contributed by atoms with Gasteiger partial charge in [-0.1, -0.05) is 18.5 Å². The molecule has 3 N–H and O–H groups in total. The number of carbonyl (C=O) groups excluding carboxylic acids is 1. The first kappa shape index (κ1) is 16.8. The highest BCUT2D eigenvalue weighted by Crippen LogP contribution is 2.22. The predicted octanol–water partition coefficient (Wildman–Crippen LogP) is 2.22. The summed E-state index contributed by atoms with van der Waals surface area (Å²) in [5.74, 6) is -0.108. The van der Waals surface area contributed by atoms with Gasteiger partial charge >= 0.3 is 0 Å². The fourth-order valence-corrected chi connectivity index (χ4v) is 2.13. The van der Waals surface area contributed by atoms with Crippen LogP contribution in [0, 0.1) is 0 Å². The number of rotatable bonds is 7. The van der Waals surface area contributed by atoms with E-state index >= 15 is 0 Å². The second-order valence-electron chi connectivity index (χ2n) is 4.65. The number of anilines is 2. The van der Waals surface area contributed by atoms with Gasteiger partial charge in [-0.05, 0) is 31.7 Å². The van der Waals surface area contributed by atoms with E-state index in [1.165, 1.54) is 0 Å². The minimum absolute atomic E-state index is 0.108. The van der Waals surface area contributed by atoms with Crippen molar-refractivity contribution >= 4 is 28.9 Å². The number of hydrogen-bond acceptors (Lipinski definition) is 4. The van der Waals surface area contributed by atoms with Crippen molar-refractivity contribution in [2.45, 2.75) is 19.9 Å². The van der Waals surface area contributed by atoms with Gasteiger partial charge in [0.05, 0.1) is 24.5 Å². The van der Waals surface area contributed by atoms with Gasteiger partial charge in [0.1, 0.15) is 0 Å². The van der Waals surface area contributed by atoms with Crippen molar-refractivity contribution in [1.29, 1.82) is 0 Å². The molecule has 6 heteroatoms. The maximum absolute atomic E-state index is 12.0. The Morgan fingerprint density at radius 1 is 1.55 bits per heavy atom. The Morgan fingerprint density at radius 3 is 2.80 bits per heavy atom. The van der Waals surface area contributed by atoms with Crippen LogP contribution in [0.2, 0.25) is 5.02 Å². The first-order chi connectivity index (χ1) is 9.47. The molecule has 112 valence electrons. The highest BCUT2D eigenvalue weighted by Gasteiger charge is 2.16. The number of methoxy groups -OCH3 is 1. The Hall–Kier alpha value is -1.30. The third-order valence-electron chi connectivity index (χ3n) is 3.07. The van der Waals surface area contributed by atoms with Crippen molar-refractivity contribution in [3.8, 4) is 0 Å². The number of nitrogens with zero attached hydrogens (tertiary/aromatic N) is 1. The maximum Gasteiger partial charge on any atom is 0.238 e. The summed E-state index contributed by atoms with van der Waals surface area (Å²) >= 11 is 5.82. The van der Waals surface area contributed by atoms with Gasteiger partial charge in [0, 0.05) is 18.2 Å². The zero-order valence-electron chi connectivity index (χ0n) is 12.1. The SMILES string of the molecule is CCN(CC(=O)Nc1ccc(Cl)cc1N)C(C)COC. The molecule has 0 aromatic heterocycles.